The Morgan fingerprint density at radius 2 is 1.71 bits per heavy atom. The summed E-state index contributed by atoms with van der Waals surface area (Å²) in [5.41, 5.74) is 6.12. The van der Waals surface area contributed by atoms with Crippen molar-refractivity contribution in [1.29, 1.82) is 0 Å². The van der Waals surface area contributed by atoms with Crippen molar-refractivity contribution in [3.63, 3.8) is 0 Å². The Labute approximate surface area is 143 Å². The first kappa shape index (κ1) is 16.3. The third-order valence-electron chi connectivity index (χ3n) is 4.35. The molecule has 0 unspecified atom stereocenters. The highest BCUT2D eigenvalue weighted by atomic mass is 16.3. The molecule has 3 heteroatoms. The fourth-order valence-electron chi connectivity index (χ4n) is 2.90. The van der Waals surface area contributed by atoms with Crippen molar-refractivity contribution < 1.29 is 5.11 Å². The molecule has 0 fully saturated rings. The molecule has 0 spiro atoms. The van der Waals surface area contributed by atoms with Gasteiger partial charge in [-0.1, -0.05) is 50.2 Å². The van der Waals surface area contributed by atoms with E-state index in [-0.39, 0.29) is 5.88 Å². The van der Waals surface area contributed by atoms with Gasteiger partial charge in [0.05, 0.1) is 11.4 Å². The molecule has 2 aromatic carbocycles. The van der Waals surface area contributed by atoms with Crippen LogP contribution in [0.4, 0.5) is 0 Å². The SMILES string of the molecule is Cc1ccc(-n2nc(-c3ccccc3)c(CC(C)C)c2O)cc1C. The lowest BCUT2D eigenvalue weighted by atomic mass is 9.99. The van der Waals surface area contributed by atoms with Gasteiger partial charge >= 0.3 is 0 Å². The molecule has 0 aliphatic rings. The van der Waals surface area contributed by atoms with Crippen LogP contribution in [0.25, 0.3) is 16.9 Å². The first-order valence-corrected chi connectivity index (χ1v) is 8.41. The van der Waals surface area contributed by atoms with Crippen LogP contribution in [0.2, 0.25) is 0 Å². The van der Waals surface area contributed by atoms with Gasteiger partial charge in [-0.15, -0.1) is 0 Å². The van der Waals surface area contributed by atoms with Crippen LogP contribution in [0.3, 0.4) is 0 Å². The molecule has 0 bridgehead atoms. The molecule has 1 N–H and O–H groups in total. The number of aromatic hydroxyl groups is 1. The van der Waals surface area contributed by atoms with Gasteiger partial charge in [0.25, 0.3) is 0 Å². The summed E-state index contributed by atoms with van der Waals surface area (Å²) in [6, 6.07) is 16.2. The smallest absolute Gasteiger partial charge is 0.218 e. The highest BCUT2D eigenvalue weighted by Crippen LogP contribution is 2.33. The molecule has 0 aliphatic carbocycles. The van der Waals surface area contributed by atoms with Crippen LogP contribution in [0.1, 0.15) is 30.5 Å². The predicted molar refractivity (Wildman–Crippen MR) is 98.7 cm³/mol. The Morgan fingerprint density at radius 1 is 1.00 bits per heavy atom. The molecule has 0 radical (unpaired) electrons. The van der Waals surface area contributed by atoms with Gasteiger partial charge in [0.2, 0.25) is 5.88 Å². The number of hydrogen-bond acceptors (Lipinski definition) is 2. The third-order valence-corrected chi connectivity index (χ3v) is 4.35. The monoisotopic (exact) mass is 320 g/mol. The number of benzene rings is 2. The molecule has 3 rings (SSSR count). The number of rotatable bonds is 4. The lowest BCUT2D eigenvalue weighted by Crippen LogP contribution is -1.98. The second kappa shape index (κ2) is 6.52. The number of aryl methyl sites for hydroxylation is 2. The zero-order chi connectivity index (χ0) is 17.3. The van der Waals surface area contributed by atoms with Crippen molar-refractivity contribution in [3.8, 4) is 22.8 Å². The Morgan fingerprint density at radius 3 is 2.33 bits per heavy atom. The summed E-state index contributed by atoms with van der Waals surface area (Å²) >= 11 is 0. The maximum Gasteiger partial charge on any atom is 0.218 e. The molecule has 0 saturated heterocycles. The van der Waals surface area contributed by atoms with Crippen LogP contribution in [0.5, 0.6) is 5.88 Å². The van der Waals surface area contributed by atoms with Gasteiger partial charge in [-0.2, -0.15) is 5.10 Å². The number of aromatic nitrogens is 2. The Hall–Kier alpha value is -2.55. The van der Waals surface area contributed by atoms with Crippen molar-refractivity contribution in [2.45, 2.75) is 34.1 Å². The molecule has 1 aromatic heterocycles. The number of nitrogens with zero attached hydrogens (tertiary/aromatic N) is 2. The molecule has 0 atom stereocenters. The molecule has 0 amide bonds. The maximum atomic E-state index is 10.8. The molecular formula is C21H24N2O. The second-order valence-corrected chi connectivity index (χ2v) is 6.80. The van der Waals surface area contributed by atoms with Gasteiger partial charge in [0.1, 0.15) is 0 Å². The minimum Gasteiger partial charge on any atom is -0.493 e. The van der Waals surface area contributed by atoms with E-state index in [1.54, 1.807) is 4.68 Å². The minimum atomic E-state index is 0.241. The molecule has 0 saturated carbocycles. The van der Waals surface area contributed by atoms with Crippen LogP contribution < -0.4 is 0 Å². The van der Waals surface area contributed by atoms with Crippen molar-refractivity contribution in [2.75, 3.05) is 0 Å². The first-order chi connectivity index (χ1) is 11.5. The van der Waals surface area contributed by atoms with Gasteiger partial charge in [-0.3, -0.25) is 0 Å². The van der Waals surface area contributed by atoms with E-state index in [1.165, 1.54) is 11.1 Å². The second-order valence-electron chi connectivity index (χ2n) is 6.80. The summed E-state index contributed by atoms with van der Waals surface area (Å²) < 4.78 is 1.66. The van der Waals surface area contributed by atoms with Crippen LogP contribution in [-0.4, -0.2) is 14.9 Å². The lowest BCUT2D eigenvalue weighted by Gasteiger charge is -2.08. The fourth-order valence-corrected chi connectivity index (χ4v) is 2.90. The van der Waals surface area contributed by atoms with Crippen LogP contribution >= 0.6 is 0 Å². The summed E-state index contributed by atoms with van der Waals surface area (Å²) in [7, 11) is 0. The van der Waals surface area contributed by atoms with E-state index in [1.807, 2.05) is 36.4 Å². The van der Waals surface area contributed by atoms with Crippen LogP contribution in [0, 0.1) is 19.8 Å². The Balaban J connectivity index is 2.17. The number of hydrogen-bond donors (Lipinski definition) is 1. The molecule has 0 aliphatic heterocycles. The summed E-state index contributed by atoms with van der Waals surface area (Å²) in [6.45, 7) is 8.47. The van der Waals surface area contributed by atoms with E-state index in [0.29, 0.717) is 5.92 Å². The first-order valence-electron chi connectivity index (χ1n) is 8.41. The summed E-state index contributed by atoms with van der Waals surface area (Å²) in [5.74, 6) is 0.682. The van der Waals surface area contributed by atoms with Crippen molar-refractivity contribution in [1.82, 2.24) is 9.78 Å². The average molecular weight is 320 g/mol. The summed E-state index contributed by atoms with van der Waals surface area (Å²) in [5, 5.41) is 15.6. The van der Waals surface area contributed by atoms with Gasteiger partial charge < -0.3 is 5.11 Å². The van der Waals surface area contributed by atoms with Gasteiger partial charge in [-0.05, 0) is 49.4 Å². The van der Waals surface area contributed by atoms with E-state index >= 15 is 0 Å². The maximum absolute atomic E-state index is 10.8. The van der Waals surface area contributed by atoms with E-state index in [2.05, 4.69) is 39.8 Å². The van der Waals surface area contributed by atoms with E-state index in [9.17, 15) is 5.11 Å². The molecular weight excluding hydrogens is 296 g/mol. The van der Waals surface area contributed by atoms with E-state index in [0.717, 1.165) is 28.9 Å². The normalized spacial score (nSPS) is 11.2. The Bertz CT molecular complexity index is 848. The van der Waals surface area contributed by atoms with Crippen LogP contribution in [-0.2, 0) is 6.42 Å². The largest absolute Gasteiger partial charge is 0.493 e. The minimum absolute atomic E-state index is 0.241. The highest BCUT2D eigenvalue weighted by Gasteiger charge is 2.20. The van der Waals surface area contributed by atoms with Gasteiger partial charge in [-0.25, -0.2) is 4.68 Å². The topological polar surface area (TPSA) is 38.0 Å². The zero-order valence-electron chi connectivity index (χ0n) is 14.7. The molecule has 3 nitrogen and oxygen atoms in total. The van der Waals surface area contributed by atoms with Crippen LogP contribution in [0.15, 0.2) is 48.5 Å². The molecule has 3 aromatic rings. The van der Waals surface area contributed by atoms with E-state index in [4.69, 9.17) is 5.10 Å². The average Bonchev–Trinajstić information content (AvgIpc) is 2.87. The third kappa shape index (κ3) is 3.07. The quantitative estimate of drug-likeness (QED) is 0.729. The molecule has 1 heterocycles. The van der Waals surface area contributed by atoms with Gasteiger partial charge in [0, 0.05) is 11.1 Å². The highest BCUT2D eigenvalue weighted by molar-refractivity contribution is 5.66. The lowest BCUT2D eigenvalue weighted by molar-refractivity contribution is 0.424. The predicted octanol–water partition coefficient (Wildman–Crippen LogP) is 5.06. The van der Waals surface area contributed by atoms with Crippen molar-refractivity contribution in [2.24, 2.45) is 5.92 Å². The van der Waals surface area contributed by atoms with Crippen molar-refractivity contribution >= 4 is 0 Å². The standard InChI is InChI=1S/C21H24N2O/c1-14(2)12-19-20(17-8-6-5-7-9-17)22-23(21(19)24)18-11-10-15(3)16(4)13-18/h5-11,13-14,24H,12H2,1-4H3. The van der Waals surface area contributed by atoms with E-state index < -0.39 is 0 Å². The van der Waals surface area contributed by atoms with Gasteiger partial charge in [0.15, 0.2) is 0 Å². The summed E-state index contributed by atoms with van der Waals surface area (Å²) in [4.78, 5) is 0. The molecule has 24 heavy (non-hydrogen) atoms. The summed E-state index contributed by atoms with van der Waals surface area (Å²) in [6.07, 6.45) is 0.793. The molecule has 124 valence electrons. The fraction of sp³-hybridized carbons (Fsp3) is 0.286. The van der Waals surface area contributed by atoms with Crippen molar-refractivity contribution in [3.05, 3.63) is 65.2 Å². The Kier molecular flexibility index (Phi) is 4.43. The zero-order valence-corrected chi connectivity index (χ0v) is 14.7.